The number of benzene rings is 2. The first-order valence-electron chi connectivity index (χ1n) is 6.54. The number of hydrogen-bond acceptors (Lipinski definition) is 4. The van der Waals surface area contributed by atoms with Crippen molar-refractivity contribution in [2.75, 3.05) is 19.1 Å². The molecule has 0 atom stereocenters. The fraction of sp³-hybridized carbons (Fsp3) is 0.125. The average Bonchev–Trinajstić information content (AvgIpc) is 2.78. The molecule has 0 radical (unpaired) electrons. The van der Waals surface area contributed by atoms with E-state index in [0.717, 1.165) is 5.69 Å². The number of amides is 2. The van der Waals surface area contributed by atoms with Crippen LogP contribution in [-0.2, 0) is 0 Å². The van der Waals surface area contributed by atoms with Gasteiger partial charge in [-0.2, -0.15) is 0 Å². The molecule has 5 nitrogen and oxygen atoms in total. The van der Waals surface area contributed by atoms with Crippen LogP contribution in [0.3, 0.4) is 0 Å². The molecule has 6 heteroatoms. The zero-order valence-electron chi connectivity index (χ0n) is 11.9. The van der Waals surface area contributed by atoms with Gasteiger partial charge in [-0.05, 0) is 24.3 Å². The van der Waals surface area contributed by atoms with Gasteiger partial charge in [0.15, 0.2) is 0 Å². The standard InChI is InChI=1S/C16H14N2O3.ClH/c1-21-14-9-5-4-8-13(14)17-10-18-15(19)11-6-2-3-7-12(11)16(18)20;/h2-9,17H,10H2,1H3;1H/p-1. The molecule has 1 N–H and O–H groups in total. The Morgan fingerprint density at radius 1 is 0.955 bits per heavy atom. The number of nitrogens with zero attached hydrogens (tertiary/aromatic N) is 1. The summed E-state index contributed by atoms with van der Waals surface area (Å²) in [7, 11) is 1.57. The third-order valence-electron chi connectivity index (χ3n) is 3.41. The zero-order valence-corrected chi connectivity index (χ0v) is 12.6. The second kappa shape index (κ2) is 6.49. The number of nitrogens with one attached hydrogen (secondary N) is 1. The fourth-order valence-corrected chi connectivity index (χ4v) is 2.34. The van der Waals surface area contributed by atoms with Crippen molar-refractivity contribution in [3.63, 3.8) is 0 Å². The monoisotopic (exact) mass is 317 g/mol. The first-order valence-corrected chi connectivity index (χ1v) is 6.54. The van der Waals surface area contributed by atoms with Crippen LogP contribution in [0.5, 0.6) is 5.75 Å². The number of methoxy groups -OCH3 is 1. The first kappa shape index (κ1) is 15.9. The van der Waals surface area contributed by atoms with E-state index >= 15 is 0 Å². The highest BCUT2D eigenvalue weighted by molar-refractivity contribution is 6.21. The van der Waals surface area contributed by atoms with Crippen LogP contribution < -0.4 is 22.5 Å². The molecule has 2 aromatic carbocycles. The third-order valence-corrected chi connectivity index (χ3v) is 3.41. The van der Waals surface area contributed by atoms with Gasteiger partial charge in [0.1, 0.15) is 5.75 Å². The second-order valence-electron chi connectivity index (χ2n) is 4.62. The molecule has 0 aromatic heterocycles. The number of anilines is 1. The highest BCUT2D eigenvalue weighted by Gasteiger charge is 2.34. The summed E-state index contributed by atoms with van der Waals surface area (Å²) in [5.41, 5.74) is 1.63. The summed E-state index contributed by atoms with van der Waals surface area (Å²) >= 11 is 0. The van der Waals surface area contributed by atoms with Crippen LogP contribution in [0.1, 0.15) is 20.7 Å². The Labute approximate surface area is 134 Å². The Morgan fingerprint density at radius 2 is 1.50 bits per heavy atom. The van der Waals surface area contributed by atoms with Gasteiger partial charge in [-0.1, -0.05) is 24.3 Å². The Kier molecular flexibility index (Phi) is 4.68. The summed E-state index contributed by atoms with van der Waals surface area (Å²) in [4.78, 5) is 25.6. The summed E-state index contributed by atoms with van der Waals surface area (Å²) < 4.78 is 5.23. The zero-order chi connectivity index (χ0) is 14.8. The van der Waals surface area contributed by atoms with E-state index in [0.29, 0.717) is 16.9 Å². The number of halogens is 1. The Morgan fingerprint density at radius 3 is 2.09 bits per heavy atom. The molecular formula is C16H14ClN2O3-. The lowest BCUT2D eigenvalue weighted by Gasteiger charge is -2.17. The lowest BCUT2D eigenvalue weighted by Crippen LogP contribution is -3.00. The van der Waals surface area contributed by atoms with Gasteiger partial charge in [0, 0.05) is 0 Å². The number of ether oxygens (including phenoxy) is 1. The van der Waals surface area contributed by atoms with Crippen LogP contribution in [0, 0.1) is 0 Å². The van der Waals surface area contributed by atoms with Gasteiger partial charge >= 0.3 is 0 Å². The maximum Gasteiger partial charge on any atom is 0.263 e. The molecule has 2 aromatic rings. The highest BCUT2D eigenvalue weighted by atomic mass is 35.5. The Bertz CT molecular complexity index is 683. The largest absolute Gasteiger partial charge is 1.00 e. The molecule has 0 aliphatic carbocycles. The normalized spacial score (nSPS) is 12.7. The van der Waals surface area contributed by atoms with Gasteiger partial charge in [0.25, 0.3) is 11.8 Å². The van der Waals surface area contributed by atoms with Gasteiger partial charge < -0.3 is 22.5 Å². The van der Waals surface area contributed by atoms with Gasteiger partial charge in [0.05, 0.1) is 30.6 Å². The van der Waals surface area contributed by atoms with Crippen LogP contribution in [0.2, 0.25) is 0 Å². The highest BCUT2D eigenvalue weighted by Crippen LogP contribution is 2.25. The quantitative estimate of drug-likeness (QED) is 0.763. The predicted molar refractivity (Wildman–Crippen MR) is 78.4 cm³/mol. The molecule has 0 unspecified atom stereocenters. The van der Waals surface area contributed by atoms with Crippen molar-refractivity contribution in [2.24, 2.45) is 0 Å². The topological polar surface area (TPSA) is 58.6 Å². The van der Waals surface area contributed by atoms with E-state index in [1.54, 1.807) is 31.4 Å². The molecule has 0 saturated heterocycles. The van der Waals surface area contributed by atoms with Crippen molar-refractivity contribution >= 4 is 17.5 Å². The van der Waals surface area contributed by atoms with Gasteiger partial charge in [-0.15, -0.1) is 0 Å². The predicted octanol–water partition coefficient (Wildman–Crippen LogP) is -0.635. The minimum absolute atomic E-state index is 0. The molecule has 1 aliphatic rings. The summed E-state index contributed by atoms with van der Waals surface area (Å²) in [5, 5.41) is 3.06. The van der Waals surface area contributed by atoms with Crippen molar-refractivity contribution in [1.29, 1.82) is 0 Å². The number of carbonyl (C=O) groups excluding carboxylic acids is 2. The van der Waals surface area contributed by atoms with Gasteiger partial charge in [-0.25, -0.2) is 0 Å². The van der Waals surface area contributed by atoms with E-state index in [4.69, 9.17) is 4.74 Å². The second-order valence-corrected chi connectivity index (χ2v) is 4.62. The molecular weight excluding hydrogens is 304 g/mol. The van der Waals surface area contributed by atoms with Crippen LogP contribution in [-0.4, -0.2) is 30.5 Å². The van der Waals surface area contributed by atoms with Gasteiger partial charge in [0.2, 0.25) is 0 Å². The maximum atomic E-state index is 12.2. The number of carbonyl (C=O) groups is 2. The van der Waals surface area contributed by atoms with Crippen LogP contribution in [0.15, 0.2) is 48.5 Å². The van der Waals surface area contributed by atoms with E-state index in [-0.39, 0.29) is 30.9 Å². The average molecular weight is 318 g/mol. The number of fused-ring (bicyclic) bond motifs is 1. The molecule has 0 fully saturated rings. The van der Waals surface area contributed by atoms with Crippen molar-refractivity contribution in [2.45, 2.75) is 0 Å². The first-order chi connectivity index (χ1) is 10.2. The van der Waals surface area contributed by atoms with E-state index in [1.807, 2.05) is 24.3 Å². The summed E-state index contributed by atoms with van der Waals surface area (Å²) in [6, 6.07) is 14.2. The molecule has 0 saturated carbocycles. The number of para-hydroxylation sites is 2. The fourth-order valence-electron chi connectivity index (χ4n) is 2.34. The van der Waals surface area contributed by atoms with Gasteiger partial charge in [-0.3, -0.25) is 14.5 Å². The van der Waals surface area contributed by atoms with Crippen LogP contribution in [0.4, 0.5) is 5.69 Å². The minimum atomic E-state index is -0.280. The molecule has 0 spiro atoms. The molecule has 3 rings (SSSR count). The maximum absolute atomic E-state index is 12.2. The van der Waals surface area contributed by atoms with Crippen LogP contribution >= 0.6 is 0 Å². The Balaban J connectivity index is 0.00000176. The number of imide groups is 1. The number of hydrogen-bond donors (Lipinski definition) is 1. The van der Waals surface area contributed by atoms with Crippen molar-refractivity contribution in [3.8, 4) is 5.75 Å². The number of rotatable bonds is 4. The van der Waals surface area contributed by atoms with Crippen molar-refractivity contribution < 1.29 is 26.7 Å². The Hall–Kier alpha value is -2.53. The molecule has 0 bridgehead atoms. The lowest BCUT2D eigenvalue weighted by molar-refractivity contribution is -0.0000274. The molecule has 2 amide bonds. The minimum Gasteiger partial charge on any atom is -1.00 e. The molecule has 114 valence electrons. The van der Waals surface area contributed by atoms with E-state index < -0.39 is 0 Å². The van der Waals surface area contributed by atoms with Crippen molar-refractivity contribution in [3.05, 3.63) is 59.7 Å². The lowest BCUT2D eigenvalue weighted by atomic mass is 10.1. The van der Waals surface area contributed by atoms with E-state index in [1.165, 1.54) is 4.90 Å². The SMILES string of the molecule is COc1ccccc1NCN1C(=O)c2ccccc2C1=O.[Cl-]. The van der Waals surface area contributed by atoms with Crippen molar-refractivity contribution in [1.82, 2.24) is 4.90 Å². The summed E-state index contributed by atoms with van der Waals surface area (Å²) in [6.07, 6.45) is 0. The molecule has 1 aliphatic heterocycles. The van der Waals surface area contributed by atoms with Crippen LogP contribution in [0.25, 0.3) is 0 Å². The summed E-state index contributed by atoms with van der Waals surface area (Å²) in [5.74, 6) is 0.102. The smallest absolute Gasteiger partial charge is 0.263 e. The molecule has 22 heavy (non-hydrogen) atoms. The summed E-state index contributed by atoms with van der Waals surface area (Å²) in [6.45, 7) is 0.104. The van der Waals surface area contributed by atoms with E-state index in [2.05, 4.69) is 5.32 Å². The van der Waals surface area contributed by atoms with E-state index in [9.17, 15) is 9.59 Å². The molecule has 1 heterocycles. The third kappa shape index (κ3) is 2.63.